The lowest BCUT2D eigenvalue weighted by molar-refractivity contribution is 0.0727. The third-order valence-electron chi connectivity index (χ3n) is 6.16. The molecule has 5 rings (SSSR count). The second-order valence-corrected chi connectivity index (χ2v) is 8.52. The van der Waals surface area contributed by atoms with Gasteiger partial charge in [-0.3, -0.25) is 9.89 Å². The molecule has 0 unspecified atom stereocenters. The summed E-state index contributed by atoms with van der Waals surface area (Å²) in [6, 6.07) is 27.5. The van der Waals surface area contributed by atoms with E-state index < -0.39 is 6.10 Å². The van der Waals surface area contributed by atoms with E-state index in [0.717, 1.165) is 34.6 Å². The van der Waals surface area contributed by atoms with Crippen LogP contribution in [-0.4, -0.2) is 39.3 Å². The van der Waals surface area contributed by atoms with Crippen molar-refractivity contribution in [3.8, 4) is 17.0 Å². The molecule has 0 spiro atoms. The van der Waals surface area contributed by atoms with Gasteiger partial charge in [-0.05, 0) is 42.2 Å². The van der Waals surface area contributed by atoms with Gasteiger partial charge in [0.2, 0.25) is 0 Å². The van der Waals surface area contributed by atoms with E-state index in [1.165, 1.54) is 5.56 Å². The Kier molecular flexibility index (Phi) is 6.40. The van der Waals surface area contributed by atoms with E-state index in [1.54, 1.807) is 11.0 Å². The minimum atomic E-state index is -0.584. The Bertz CT molecular complexity index is 1250. The lowest BCUT2D eigenvalue weighted by Crippen LogP contribution is -2.32. The molecule has 0 saturated heterocycles. The van der Waals surface area contributed by atoms with Crippen LogP contribution in [0, 0.1) is 0 Å². The molecule has 1 atom stereocenters. The molecular formula is C28H27N3O3. The van der Waals surface area contributed by atoms with E-state index in [9.17, 15) is 9.90 Å². The summed E-state index contributed by atoms with van der Waals surface area (Å²) in [5, 5.41) is 18.0. The molecule has 4 aromatic rings. The highest BCUT2D eigenvalue weighted by atomic mass is 16.5. The molecule has 172 valence electrons. The zero-order valence-corrected chi connectivity index (χ0v) is 18.9. The van der Waals surface area contributed by atoms with Gasteiger partial charge in [-0.2, -0.15) is 5.10 Å². The molecule has 1 aromatic heterocycles. The van der Waals surface area contributed by atoms with Crippen LogP contribution in [0.3, 0.4) is 0 Å². The van der Waals surface area contributed by atoms with Gasteiger partial charge in [0, 0.05) is 17.7 Å². The molecule has 6 heteroatoms. The molecule has 0 bridgehead atoms. The van der Waals surface area contributed by atoms with E-state index in [4.69, 9.17) is 4.74 Å². The number of amides is 1. The first-order valence-electron chi connectivity index (χ1n) is 11.5. The summed E-state index contributed by atoms with van der Waals surface area (Å²) in [4.78, 5) is 15.0. The molecule has 1 aliphatic heterocycles. The number of benzene rings is 3. The number of carbonyl (C=O) groups excluding carboxylic acids is 1. The molecule has 0 radical (unpaired) electrons. The molecule has 1 aliphatic rings. The van der Waals surface area contributed by atoms with Crippen LogP contribution in [0.5, 0.6) is 5.75 Å². The van der Waals surface area contributed by atoms with Crippen molar-refractivity contribution in [2.75, 3.05) is 13.2 Å². The molecule has 1 amide bonds. The normalized spacial score (nSPS) is 14.1. The first kappa shape index (κ1) is 21.9. The summed E-state index contributed by atoms with van der Waals surface area (Å²) in [5.74, 6) is 0.630. The topological polar surface area (TPSA) is 78.5 Å². The Morgan fingerprint density at radius 2 is 1.79 bits per heavy atom. The number of rotatable bonds is 6. The Morgan fingerprint density at radius 3 is 2.59 bits per heavy atom. The largest absolute Gasteiger partial charge is 0.491 e. The number of hydrogen-bond donors (Lipinski definition) is 2. The highest BCUT2D eigenvalue weighted by Gasteiger charge is 2.24. The fourth-order valence-corrected chi connectivity index (χ4v) is 4.27. The highest BCUT2D eigenvalue weighted by Crippen LogP contribution is 2.29. The molecular weight excluding hydrogens is 426 g/mol. The van der Waals surface area contributed by atoms with Crippen molar-refractivity contribution in [1.29, 1.82) is 0 Å². The number of aliphatic hydroxyl groups excluding tert-OH is 1. The van der Waals surface area contributed by atoms with Crippen LogP contribution < -0.4 is 4.74 Å². The first-order valence-corrected chi connectivity index (χ1v) is 11.5. The summed E-state index contributed by atoms with van der Waals surface area (Å²) in [6.07, 6.45) is 0.839. The van der Waals surface area contributed by atoms with E-state index >= 15 is 0 Å². The van der Waals surface area contributed by atoms with Gasteiger partial charge in [-0.1, -0.05) is 66.7 Å². The van der Waals surface area contributed by atoms with Crippen LogP contribution in [0.1, 0.15) is 39.7 Å². The summed E-state index contributed by atoms with van der Waals surface area (Å²) < 4.78 is 5.90. The summed E-state index contributed by atoms with van der Waals surface area (Å²) in [6.45, 7) is 1.29. The minimum Gasteiger partial charge on any atom is -0.491 e. The van der Waals surface area contributed by atoms with Gasteiger partial charge >= 0.3 is 0 Å². The summed E-state index contributed by atoms with van der Waals surface area (Å²) in [5.41, 5.74) is 5.06. The van der Waals surface area contributed by atoms with Gasteiger partial charge in [0.15, 0.2) is 0 Å². The van der Waals surface area contributed by atoms with Crippen LogP contribution in [0.15, 0.2) is 84.9 Å². The third kappa shape index (κ3) is 4.87. The number of aromatic nitrogens is 2. The monoisotopic (exact) mass is 453 g/mol. The van der Waals surface area contributed by atoms with Crippen LogP contribution in [0.2, 0.25) is 0 Å². The van der Waals surface area contributed by atoms with Crippen LogP contribution in [0.25, 0.3) is 11.3 Å². The Hall–Kier alpha value is -3.90. The lowest BCUT2D eigenvalue weighted by atomic mass is 9.99. The number of carbonyl (C=O) groups is 1. The predicted octanol–water partition coefficient (Wildman–Crippen LogP) is 4.78. The summed E-state index contributed by atoms with van der Waals surface area (Å²) >= 11 is 0. The standard InChI is InChI=1S/C28H27N3O3/c32-26(13-11-20-7-3-1-4-8-20)22-12-14-27-23(17-22)19-31(15-16-34-27)28(33)25-18-24(29-30-25)21-9-5-2-6-10-21/h1-10,12,14,17-18,26,32H,11,13,15-16,19H2,(H,29,30)/t26-/m0/s1. The maximum Gasteiger partial charge on any atom is 0.272 e. The smallest absolute Gasteiger partial charge is 0.272 e. The molecule has 0 fully saturated rings. The summed E-state index contributed by atoms with van der Waals surface area (Å²) in [7, 11) is 0. The molecule has 6 nitrogen and oxygen atoms in total. The number of nitrogens with one attached hydrogen (secondary N) is 1. The fourth-order valence-electron chi connectivity index (χ4n) is 4.27. The van der Waals surface area contributed by atoms with E-state index in [2.05, 4.69) is 22.3 Å². The van der Waals surface area contributed by atoms with Crippen molar-refractivity contribution in [2.24, 2.45) is 0 Å². The second kappa shape index (κ2) is 9.93. The van der Waals surface area contributed by atoms with Crippen molar-refractivity contribution >= 4 is 5.91 Å². The van der Waals surface area contributed by atoms with Crippen LogP contribution in [0.4, 0.5) is 0 Å². The average Bonchev–Trinajstić information content (AvgIpc) is 3.28. The number of aliphatic hydroxyl groups is 1. The number of aromatic amines is 1. The Balaban J connectivity index is 1.30. The number of hydrogen-bond acceptors (Lipinski definition) is 4. The highest BCUT2D eigenvalue weighted by molar-refractivity contribution is 5.93. The maximum atomic E-state index is 13.2. The SMILES string of the molecule is O=C(c1cc(-c2ccccc2)n[nH]1)N1CCOc2ccc([C@@H](O)CCc3ccccc3)cc2C1. The molecule has 3 aromatic carbocycles. The minimum absolute atomic E-state index is 0.124. The number of ether oxygens (including phenoxy) is 1. The first-order chi connectivity index (χ1) is 16.7. The zero-order chi connectivity index (χ0) is 23.3. The average molecular weight is 454 g/mol. The van der Waals surface area contributed by atoms with Crippen molar-refractivity contribution < 1.29 is 14.6 Å². The zero-order valence-electron chi connectivity index (χ0n) is 18.9. The Morgan fingerprint density at radius 1 is 1.03 bits per heavy atom. The van der Waals surface area contributed by atoms with Crippen molar-refractivity contribution in [1.82, 2.24) is 15.1 Å². The van der Waals surface area contributed by atoms with Gasteiger partial charge in [0.1, 0.15) is 18.1 Å². The maximum absolute atomic E-state index is 13.2. The predicted molar refractivity (Wildman–Crippen MR) is 130 cm³/mol. The van der Waals surface area contributed by atoms with Gasteiger partial charge in [0.25, 0.3) is 5.91 Å². The van der Waals surface area contributed by atoms with Crippen molar-refractivity contribution in [2.45, 2.75) is 25.5 Å². The fraction of sp³-hybridized carbons (Fsp3) is 0.214. The van der Waals surface area contributed by atoms with Crippen molar-refractivity contribution in [3.05, 3.63) is 107 Å². The molecule has 2 N–H and O–H groups in total. The quantitative estimate of drug-likeness (QED) is 0.441. The van der Waals surface area contributed by atoms with E-state index in [0.29, 0.717) is 31.8 Å². The van der Waals surface area contributed by atoms with Gasteiger partial charge < -0.3 is 14.7 Å². The number of aryl methyl sites for hydroxylation is 1. The Labute approximate surface area is 198 Å². The number of nitrogens with zero attached hydrogens (tertiary/aromatic N) is 2. The molecule has 2 heterocycles. The molecule has 0 saturated carbocycles. The lowest BCUT2D eigenvalue weighted by Gasteiger charge is -2.19. The van der Waals surface area contributed by atoms with Gasteiger partial charge in [-0.25, -0.2) is 0 Å². The third-order valence-corrected chi connectivity index (χ3v) is 6.16. The van der Waals surface area contributed by atoms with E-state index in [-0.39, 0.29) is 5.91 Å². The van der Waals surface area contributed by atoms with E-state index in [1.807, 2.05) is 66.7 Å². The number of fused-ring (bicyclic) bond motifs is 1. The molecule has 0 aliphatic carbocycles. The second-order valence-electron chi connectivity index (χ2n) is 8.52. The van der Waals surface area contributed by atoms with Crippen LogP contribution in [-0.2, 0) is 13.0 Å². The van der Waals surface area contributed by atoms with Crippen LogP contribution >= 0.6 is 0 Å². The van der Waals surface area contributed by atoms with Gasteiger partial charge in [-0.15, -0.1) is 0 Å². The van der Waals surface area contributed by atoms with Gasteiger partial charge in [0.05, 0.1) is 18.3 Å². The van der Waals surface area contributed by atoms with Crippen molar-refractivity contribution in [3.63, 3.8) is 0 Å². The molecule has 34 heavy (non-hydrogen) atoms. The number of H-pyrrole nitrogens is 1.